The quantitative estimate of drug-likeness (QED) is 0.767. The molecule has 0 radical (unpaired) electrons. The third kappa shape index (κ3) is 2.34. The fourth-order valence-corrected chi connectivity index (χ4v) is 2.15. The van der Waals surface area contributed by atoms with E-state index in [1.807, 2.05) is 42.5 Å². The summed E-state index contributed by atoms with van der Waals surface area (Å²) in [6.07, 6.45) is 1.33. The van der Waals surface area contributed by atoms with E-state index in [1.165, 1.54) is 0 Å². The van der Waals surface area contributed by atoms with Gasteiger partial charge in [0.2, 0.25) is 0 Å². The summed E-state index contributed by atoms with van der Waals surface area (Å²) in [6, 6.07) is 18.4. The molecule has 1 heterocycles. The van der Waals surface area contributed by atoms with E-state index < -0.39 is 0 Å². The lowest BCUT2D eigenvalue weighted by molar-refractivity contribution is 1.01. The molecule has 0 aliphatic carbocycles. The van der Waals surface area contributed by atoms with Crippen LogP contribution in [0.1, 0.15) is 12.0 Å². The normalized spacial score (nSPS) is 10.5. The van der Waals surface area contributed by atoms with Crippen LogP contribution < -0.4 is 0 Å². The summed E-state index contributed by atoms with van der Waals surface area (Å²) in [5.41, 5.74) is 4.23. The van der Waals surface area contributed by atoms with Crippen molar-refractivity contribution in [3.8, 4) is 17.5 Å². The molecule has 0 aliphatic rings. The van der Waals surface area contributed by atoms with Crippen molar-refractivity contribution in [1.82, 2.24) is 9.97 Å². The molecule has 0 bridgehead atoms. The number of aromatic amines is 1. The molecule has 0 unspecified atom stereocenters. The Morgan fingerprint density at radius 3 is 2.74 bits per heavy atom. The Morgan fingerprint density at radius 1 is 1.11 bits per heavy atom. The number of H-pyrrole nitrogens is 1. The van der Waals surface area contributed by atoms with Crippen LogP contribution in [0.25, 0.3) is 22.4 Å². The minimum atomic E-state index is 0.547. The third-order valence-corrected chi connectivity index (χ3v) is 3.12. The standard InChI is InChI=1S/C16H13N3/c17-10-4-5-12-8-9-14-15(11-12)19-16(18-14)13-6-2-1-3-7-13/h1-3,6-9,11H,4-5H2,(H,18,19). The predicted molar refractivity (Wildman–Crippen MR) is 75.5 cm³/mol. The van der Waals surface area contributed by atoms with Gasteiger partial charge in [0.15, 0.2) is 0 Å². The van der Waals surface area contributed by atoms with Gasteiger partial charge >= 0.3 is 0 Å². The van der Waals surface area contributed by atoms with E-state index in [4.69, 9.17) is 5.26 Å². The van der Waals surface area contributed by atoms with Crippen molar-refractivity contribution in [2.75, 3.05) is 0 Å². The van der Waals surface area contributed by atoms with E-state index in [-0.39, 0.29) is 0 Å². The number of fused-ring (bicyclic) bond motifs is 1. The molecule has 0 saturated heterocycles. The van der Waals surface area contributed by atoms with E-state index in [2.05, 4.69) is 22.1 Å². The zero-order valence-electron chi connectivity index (χ0n) is 10.4. The molecule has 1 aromatic heterocycles. The molecular weight excluding hydrogens is 234 g/mol. The summed E-state index contributed by atoms with van der Waals surface area (Å²) in [4.78, 5) is 7.92. The number of nitriles is 1. The highest BCUT2D eigenvalue weighted by molar-refractivity contribution is 5.80. The number of hydrogen-bond acceptors (Lipinski definition) is 2. The van der Waals surface area contributed by atoms with Gasteiger partial charge in [-0.25, -0.2) is 4.98 Å². The number of hydrogen-bond donors (Lipinski definition) is 1. The minimum Gasteiger partial charge on any atom is -0.338 e. The Balaban J connectivity index is 2.00. The topological polar surface area (TPSA) is 52.5 Å². The molecule has 0 amide bonds. The number of nitrogens with one attached hydrogen (secondary N) is 1. The Morgan fingerprint density at radius 2 is 1.95 bits per heavy atom. The van der Waals surface area contributed by atoms with Gasteiger partial charge in [0.25, 0.3) is 0 Å². The van der Waals surface area contributed by atoms with Crippen molar-refractivity contribution in [3.05, 3.63) is 54.1 Å². The zero-order valence-corrected chi connectivity index (χ0v) is 10.4. The van der Waals surface area contributed by atoms with Crippen molar-refractivity contribution in [2.45, 2.75) is 12.8 Å². The van der Waals surface area contributed by atoms with Gasteiger partial charge in [0.1, 0.15) is 5.82 Å². The van der Waals surface area contributed by atoms with Gasteiger partial charge in [-0.15, -0.1) is 0 Å². The summed E-state index contributed by atoms with van der Waals surface area (Å²) in [6.45, 7) is 0. The Hall–Kier alpha value is -2.60. The first-order chi connectivity index (χ1) is 9.36. The van der Waals surface area contributed by atoms with Crippen LogP contribution in [0.5, 0.6) is 0 Å². The summed E-state index contributed by atoms with van der Waals surface area (Å²) in [5.74, 6) is 0.882. The predicted octanol–water partition coefficient (Wildman–Crippen LogP) is 3.69. The van der Waals surface area contributed by atoms with Crippen LogP contribution in [0.4, 0.5) is 0 Å². The Bertz CT molecular complexity index is 736. The number of benzene rings is 2. The van der Waals surface area contributed by atoms with Crippen molar-refractivity contribution < 1.29 is 0 Å². The second-order valence-corrected chi connectivity index (χ2v) is 4.46. The molecule has 1 N–H and O–H groups in total. The average molecular weight is 247 g/mol. The molecule has 92 valence electrons. The van der Waals surface area contributed by atoms with Crippen molar-refractivity contribution in [2.24, 2.45) is 0 Å². The minimum absolute atomic E-state index is 0.547. The summed E-state index contributed by atoms with van der Waals surface area (Å²) < 4.78 is 0. The maximum Gasteiger partial charge on any atom is 0.138 e. The van der Waals surface area contributed by atoms with Gasteiger partial charge in [0.05, 0.1) is 17.1 Å². The third-order valence-electron chi connectivity index (χ3n) is 3.12. The lowest BCUT2D eigenvalue weighted by atomic mass is 10.1. The maximum atomic E-state index is 8.62. The van der Waals surface area contributed by atoms with E-state index in [9.17, 15) is 0 Å². The number of nitrogens with zero attached hydrogens (tertiary/aromatic N) is 2. The van der Waals surface area contributed by atoms with Gasteiger partial charge in [-0.05, 0) is 24.1 Å². The smallest absolute Gasteiger partial charge is 0.138 e. The largest absolute Gasteiger partial charge is 0.338 e. The molecule has 3 nitrogen and oxygen atoms in total. The Labute approximate surface area is 111 Å². The van der Waals surface area contributed by atoms with Crippen LogP contribution in [-0.4, -0.2) is 9.97 Å². The van der Waals surface area contributed by atoms with E-state index in [1.54, 1.807) is 0 Å². The first kappa shape index (κ1) is 11.5. The molecular formula is C16H13N3. The van der Waals surface area contributed by atoms with Crippen LogP contribution in [0.3, 0.4) is 0 Å². The monoisotopic (exact) mass is 247 g/mol. The van der Waals surface area contributed by atoms with Gasteiger partial charge in [0, 0.05) is 12.0 Å². The molecule has 0 atom stereocenters. The molecule has 3 aromatic rings. The summed E-state index contributed by atoms with van der Waals surface area (Å²) in [5, 5.41) is 8.62. The van der Waals surface area contributed by atoms with Crippen molar-refractivity contribution in [3.63, 3.8) is 0 Å². The van der Waals surface area contributed by atoms with Gasteiger partial charge in [-0.3, -0.25) is 0 Å². The molecule has 2 aromatic carbocycles. The highest BCUT2D eigenvalue weighted by atomic mass is 14.9. The lowest BCUT2D eigenvalue weighted by Gasteiger charge is -1.96. The number of aryl methyl sites for hydroxylation is 1. The Kier molecular flexibility index (Phi) is 2.99. The SMILES string of the molecule is N#CCCc1ccc2nc(-c3ccccc3)[nH]c2c1. The molecule has 3 rings (SSSR count). The molecule has 0 aliphatic heterocycles. The number of rotatable bonds is 3. The number of imidazole rings is 1. The molecule has 0 fully saturated rings. The van der Waals surface area contributed by atoms with E-state index in [0.717, 1.165) is 34.4 Å². The lowest BCUT2D eigenvalue weighted by Crippen LogP contribution is -1.83. The van der Waals surface area contributed by atoms with E-state index in [0.29, 0.717) is 6.42 Å². The van der Waals surface area contributed by atoms with Crippen LogP contribution in [0.15, 0.2) is 48.5 Å². The van der Waals surface area contributed by atoms with Crippen LogP contribution in [0.2, 0.25) is 0 Å². The fraction of sp³-hybridized carbons (Fsp3) is 0.125. The molecule has 3 heteroatoms. The average Bonchev–Trinajstić information content (AvgIpc) is 2.89. The second-order valence-electron chi connectivity index (χ2n) is 4.46. The van der Waals surface area contributed by atoms with Crippen molar-refractivity contribution in [1.29, 1.82) is 5.26 Å². The van der Waals surface area contributed by atoms with Crippen LogP contribution in [-0.2, 0) is 6.42 Å². The summed E-state index contributed by atoms with van der Waals surface area (Å²) >= 11 is 0. The molecule has 19 heavy (non-hydrogen) atoms. The van der Waals surface area contributed by atoms with Gasteiger partial charge < -0.3 is 4.98 Å². The van der Waals surface area contributed by atoms with Crippen molar-refractivity contribution >= 4 is 11.0 Å². The fourth-order valence-electron chi connectivity index (χ4n) is 2.15. The van der Waals surface area contributed by atoms with E-state index >= 15 is 0 Å². The summed E-state index contributed by atoms with van der Waals surface area (Å²) in [7, 11) is 0. The zero-order chi connectivity index (χ0) is 13.1. The number of aromatic nitrogens is 2. The van der Waals surface area contributed by atoms with Crippen LogP contribution in [0, 0.1) is 11.3 Å². The second kappa shape index (κ2) is 4.95. The molecule has 0 saturated carbocycles. The van der Waals surface area contributed by atoms with Gasteiger partial charge in [-0.2, -0.15) is 5.26 Å². The van der Waals surface area contributed by atoms with Gasteiger partial charge in [-0.1, -0.05) is 36.4 Å². The highest BCUT2D eigenvalue weighted by Gasteiger charge is 2.05. The first-order valence-corrected chi connectivity index (χ1v) is 6.28. The van der Waals surface area contributed by atoms with Crippen LogP contribution >= 0.6 is 0 Å². The highest BCUT2D eigenvalue weighted by Crippen LogP contribution is 2.21. The maximum absolute atomic E-state index is 8.62. The molecule has 0 spiro atoms. The first-order valence-electron chi connectivity index (χ1n) is 6.28.